The number of benzene rings is 1. The summed E-state index contributed by atoms with van der Waals surface area (Å²) in [6, 6.07) is 8.13. The summed E-state index contributed by atoms with van der Waals surface area (Å²) in [5.74, 6) is 2.34. The molecule has 0 aliphatic carbocycles. The maximum absolute atomic E-state index is 11.9. The fraction of sp³-hybridized carbons (Fsp3) is 0.696. The number of ether oxygens (including phenoxy) is 1. The van der Waals surface area contributed by atoms with Gasteiger partial charge >= 0.3 is 0 Å². The molecule has 0 bridgehead atoms. The molecule has 0 aromatic heterocycles. The predicted octanol–water partition coefficient (Wildman–Crippen LogP) is 7.45. The zero-order chi connectivity index (χ0) is 18.9. The SMILES string of the molecule is CCCCCCCCCCCCC(=O)CCCSc1ccc(OC)cc1. The smallest absolute Gasteiger partial charge is 0.132 e. The molecule has 0 heterocycles. The minimum atomic E-state index is 0.444. The molecule has 0 saturated heterocycles. The Morgan fingerprint density at radius 3 is 1.92 bits per heavy atom. The van der Waals surface area contributed by atoms with Gasteiger partial charge in [-0.15, -0.1) is 11.8 Å². The van der Waals surface area contributed by atoms with Crippen molar-refractivity contribution in [3.05, 3.63) is 24.3 Å². The summed E-state index contributed by atoms with van der Waals surface area (Å²) in [6.07, 6.45) is 15.7. The highest BCUT2D eigenvalue weighted by molar-refractivity contribution is 7.99. The lowest BCUT2D eigenvalue weighted by molar-refractivity contribution is -0.119. The van der Waals surface area contributed by atoms with E-state index in [1.54, 1.807) is 7.11 Å². The Kier molecular flexibility index (Phi) is 14.4. The Bertz CT molecular complexity index is 456. The van der Waals surface area contributed by atoms with E-state index >= 15 is 0 Å². The number of carbonyl (C=O) groups is 1. The monoisotopic (exact) mass is 378 g/mol. The van der Waals surface area contributed by atoms with Gasteiger partial charge in [0.15, 0.2) is 0 Å². The molecule has 0 amide bonds. The molecule has 0 unspecified atom stereocenters. The second-order valence-electron chi connectivity index (χ2n) is 7.10. The molecule has 0 fully saturated rings. The van der Waals surface area contributed by atoms with Gasteiger partial charge in [-0.1, -0.05) is 64.7 Å². The van der Waals surface area contributed by atoms with Crippen LogP contribution < -0.4 is 4.74 Å². The maximum atomic E-state index is 11.9. The number of rotatable bonds is 17. The van der Waals surface area contributed by atoms with Crippen LogP contribution in [0.1, 0.15) is 90.4 Å². The number of methoxy groups -OCH3 is 1. The molecule has 0 N–H and O–H groups in total. The van der Waals surface area contributed by atoms with Crippen molar-refractivity contribution >= 4 is 17.5 Å². The number of carbonyl (C=O) groups excluding carboxylic acids is 1. The molecule has 1 aromatic carbocycles. The van der Waals surface area contributed by atoms with E-state index in [0.717, 1.165) is 37.2 Å². The summed E-state index contributed by atoms with van der Waals surface area (Å²) in [5, 5.41) is 0. The average Bonchev–Trinajstić information content (AvgIpc) is 2.67. The van der Waals surface area contributed by atoms with Gasteiger partial charge in [-0.3, -0.25) is 4.79 Å². The lowest BCUT2D eigenvalue weighted by Crippen LogP contribution is -1.98. The quantitative estimate of drug-likeness (QED) is 0.208. The topological polar surface area (TPSA) is 26.3 Å². The molecule has 26 heavy (non-hydrogen) atoms. The number of thioether (sulfide) groups is 1. The lowest BCUT2D eigenvalue weighted by atomic mass is 10.0. The highest BCUT2D eigenvalue weighted by atomic mass is 32.2. The Labute approximate surface area is 165 Å². The van der Waals surface area contributed by atoms with Crippen LogP contribution in [0.25, 0.3) is 0 Å². The first kappa shape index (κ1) is 23.1. The Balaban J connectivity index is 1.89. The van der Waals surface area contributed by atoms with E-state index in [9.17, 15) is 4.79 Å². The molecule has 1 aromatic rings. The van der Waals surface area contributed by atoms with Gasteiger partial charge in [0.1, 0.15) is 11.5 Å². The normalized spacial score (nSPS) is 10.8. The Morgan fingerprint density at radius 2 is 1.35 bits per heavy atom. The number of ketones is 1. The summed E-state index contributed by atoms with van der Waals surface area (Å²) in [4.78, 5) is 13.2. The van der Waals surface area contributed by atoms with Crippen molar-refractivity contribution < 1.29 is 9.53 Å². The van der Waals surface area contributed by atoms with E-state index in [-0.39, 0.29) is 0 Å². The van der Waals surface area contributed by atoms with Crippen molar-refractivity contribution in [1.29, 1.82) is 0 Å². The largest absolute Gasteiger partial charge is 0.497 e. The Morgan fingerprint density at radius 1 is 0.808 bits per heavy atom. The van der Waals surface area contributed by atoms with Crippen molar-refractivity contribution in [3.8, 4) is 5.75 Å². The molecule has 1 rings (SSSR count). The molecule has 0 saturated carbocycles. The fourth-order valence-electron chi connectivity index (χ4n) is 3.07. The second-order valence-corrected chi connectivity index (χ2v) is 8.27. The van der Waals surface area contributed by atoms with Gasteiger partial charge in [0, 0.05) is 17.7 Å². The molecule has 0 radical (unpaired) electrons. The van der Waals surface area contributed by atoms with Crippen molar-refractivity contribution in [2.24, 2.45) is 0 Å². The fourth-order valence-corrected chi connectivity index (χ4v) is 3.92. The molecule has 0 atom stereocenters. The van der Waals surface area contributed by atoms with Gasteiger partial charge in [0.05, 0.1) is 7.11 Å². The number of hydrogen-bond acceptors (Lipinski definition) is 3. The van der Waals surface area contributed by atoms with Crippen LogP contribution in [0, 0.1) is 0 Å². The summed E-state index contributed by atoms with van der Waals surface area (Å²) < 4.78 is 5.16. The standard InChI is InChI=1S/C23H38O2S/c1-3-4-5-6-7-8-9-10-11-12-14-21(24)15-13-20-26-23-18-16-22(25-2)17-19-23/h16-19H,3-15,20H2,1-2H3. The Hall–Kier alpha value is -0.960. The van der Waals surface area contributed by atoms with Crippen molar-refractivity contribution in [2.75, 3.05) is 12.9 Å². The van der Waals surface area contributed by atoms with Crippen molar-refractivity contribution in [1.82, 2.24) is 0 Å². The molecule has 148 valence electrons. The average molecular weight is 379 g/mol. The van der Waals surface area contributed by atoms with Gasteiger partial charge in [0.25, 0.3) is 0 Å². The van der Waals surface area contributed by atoms with E-state index in [1.807, 2.05) is 23.9 Å². The third kappa shape index (κ3) is 12.4. The predicted molar refractivity (Wildman–Crippen MR) is 114 cm³/mol. The van der Waals surface area contributed by atoms with Gasteiger partial charge in [-0.2, -0.15) is 0 Å². The first-order chi connectivity index (χ1) is 12.8. The highest BCUT2D eigenvalue weighted by Crippen LogP contribution is 2.22. The summed E-state index contributed by atoms with van der Waals surface area (Å²) in [5.41, 5.74) is 0. The van der Waals surface area contributed by atoms with Crippen LogP contribution in [0.4, 0.5) is 0 Å². The summed E-state index contributed by atoms with van der Waals surface area (Å²) in [6.45, 7) is 2.26. The number of hydrogen-bond donors (Lipinski definition) is 0. The first-order valence-electron chi connectivity index (χ1n) is 10.5. The molecule has 0 aliphatic heterocycles. The first-order valence-corrected chi connectivity index (χ1v) is 11.5. The van der Waals surface area contributed by atoms with Crippen LogP contribution in [-0.2, 0) is 4.79 Å². The minimum Gasteiger partial charge on any atom is -0.497 e. The van der Waals surface area contributed by atoms with Crippen molar-refractivity contribution in [2.45, 2.75) is 95.3 Å². The third-order valence-corrected chi connectivity index (χ3v) is 5.84. The van der Waals surface area contributed by atoms with Crippen LogP contribution in [0.2, 0.25) is 0 Å². The van der Waals surface area contributed by atoms with E-state index in [0.29, 0.717) is 5.78 Å². The van der Waals surface area contributed by atoms with Crippen LogP contribution in [0.15, 0.2) is 29.2 Å². The summed E-state index contributed by atoms with van der Waals surface area (Å²) >= 11 is 1.82. The maximum Gasteiger partial charge on any atom is 0.132 e. The van der Waals surface area contributed by atoms with Crippen LogP contribution in [0.3, 0.4) is 0 Å². The van der Waals surface area contributed by atoms with Gasteiger partial charge in [-0.25, -0.2) is 0 Å². The lowest BCUT2D eigenvalue weighted by Gasteiger charge is -2.04. The molecular weight excluding hydrogens is 340 g/mol. The molecule has 3 heteroatoms. The van der Waals surface area contributed by atoms with Gasteiger partial charge < -0.3 is 4.74 Å². The third-order valence-electron chi connectivity index (χ3n) is 4.74. The molecule has 2 nitrogen and oxygen atoms in total. The van der Waals surface area contributed by atoms with Gasteiger partial charge in [0.2, 0.25) is 0 Å². The molecular formula is C23H38O2S. The van der Waals surface area contributed by atoms with Crippen LogP contribution in [-0.4, -0.2) is 18.6 Å². The minimum absolute atomic E-state index is 0.444. The van der Waals surface area contributed by atoms with E-state index in [2.05, 4.69) is 19.1 Å². The molecule has 0 aliphatic rings. The highest BCUT2D eigenvalue weighted by Gasteiger charge is 2.03. The molecule has 0 spiro atoms. The van der Waals surface area contributed by atoms with E-state index < -0.39 is 0 Å². The van der Waals surface area contributed by atoms with Crippen LogP contribution in [0.5, 0.6) is 5.75 Å². The number of unbranched alkanes of at least 4 members (excludes halogenated alkanes) is 9. The zero-order valence-corrected chi connectivity index (χ0v) is 17.8. The van der Waals surface area contributed by atoms with Crippen LogP contribution >= 0.6 is 11.8 Å². The zero-order valence-electron chi connectivity index (χ0n) is 16.9. The van der Waals surface area contributed by atoms with E-state index in [4.69, 9.17) is 4.74 Å². The summed E-state index contributed by atoms with van der Waals surface area (Å²) in [7, 11) is 1.68. The second kappa shape index (κ2) is 16.2. The number of Topliss-reactive ketones (excluding diaryl/α,β-unsaturated/α-hetero) is 1. The van der Waals surface area contributed by atoms with Gasteiger partial charge in [-0.05, 0) is 42.9 Å². The van der Waals surface area contributed by atoms with Crippen molar-refractivity contribution in [3.63, 3.8) is 0 Å². The van der Waals surface area contributed by atoms with E-state index in [1.165, 1.54) is 62.7 Å².